The van der Waals surface area contributed by atoms with Crippen molar-refractivity contribution in [3.05, 3.63) is 65.2 Å². The van der Waals surface area contributed by atoms with Crippen LogP contribution in [0.25, 0.3) is 0 Å². The molecule has 0 aliphatic carbocycles. The number of methoxy groups -OCH3 is 1. The zero-order chi connectivity index (χ0) is 18.1. The van der Waals surface area contributed by atoms with Gasteiger partial charge in [-0.25, -0.2) is 0 Å². The highest BCUT2D eigenvalue weighted by molar-refractivity contribution is 5.70. The van der Waals surface area contributed by atoms with E-state index in [9.17, 15) is 4.79 Å². The first-order valence-corrected chi connectivity index (χ1v) is 8.63. The molecule has 2 rings (SSSR count). The highest BCUT2D eigenvalue weighted by Gasteiger charge is 2.15. The summed E-state index contributed by atoms with van der Waals surface area (Å²) < 4.78 is 10.9. The van der Waals surface area contributed by atoms with E-state index in [1.807, 2.05) is 31.2 Å². The van der Waals surface area contributed by atoms with Crippen molar-refractivity contribution in [2.24, 2.45) is 5.92 Å². The Hall–Kier alpha value is -2.33. The fourth-order valence-electron chi connectivity index (χ4n) is 2.67. The third kappa shape index (κ3) is 6.24. The van der Waals surface area contributed by atoms with Crippen LogP contribution in [0.2, 0.25) is 0 Å². The van der Waals surface area contributed by atoms with E-state index in [1.54, 1.807) is 7.11 Å². The van der Waals surface area contributed by atoms with Gasteiger partial charge in [0, 0.05) is 13.5 Å². The highest BCUT2D eigenvalue weighted by atomic mass is 16.5. The van der Waals surface area contributed by atoms with Gasteiger partial charge < -0.3 is 14.6 Å². The smallest absolute Gasteiger partial charge is 0.306 e. The molecule has 0 amide bonds. The van der Waals surface area contributed by atoms with Gasteiger partial charge in [0.2, 0.25) is 0 Å². The summed E-state index contributed by atoms with van der Waals surface area (Å²) >= 11 is 0. The van der Waals surface area contributed by atoms with Crippen LogP contribution in [-0.2, 0) is 29.0 Å². The molecule has 1 N–H and O–H groups in total. The molecule has 4 nitrogen and oxygen atoms in total. The van der Waals surface area contributed by atoms with Gasteiger partial charge in [0.05, 0.1) is 19.1 Å². The lowest BCUT2D eigenvalue weighted by atomic mass is 9.97. The molecule has 134 valence electrons. The Morgan fingerprint density at radius 2 is 1.60 bits per heavy atom. The van der Waals surface area contributed by atoms with Gasteiger partial charge in [-0.3, -0.25) is 4.79 Å². The molecule has 25 heavy (non-hydrogen) atoms. The molecule has 0 aliphatic heterocycles. The SMILES string of the molecule is CCC(Cc1ccc(OCCc2ccc(COC)cc2)cc1)C(=O)O. The van der Waals surface area contributed by atoms with Crippen LogP contribution >= 0.6 is 0 Å². The number of carboxylic acids is 1. The average molecular weight is 342 g/mol. The van der Waals surface area contributed by atoms with E-state index in [0.29, 0.717) is 26.1 Å². The topological polar surface area (TPSA) is 55.8 Å². The number of hydrogen-bond acceptors (Lipinski definition) is 3. The van der Waals surface area contributed by atoms with Gasteiger partial charge in [-0.1, -0.05) is 43.3 Å². The van der Waals surface area contributed by atoms with Crippen molar-refractivity contribution in [3.8, 4) is 5.75 Å². The molecule has 0 aromatic heterocycles. The summed E-state index contributed by atoms with van der Waals surface area (Å²) in [5.41, 5.74) is 3.41. The van der Waals surface area contributed by atoms with E-state index in [0.717, 1.165) is 23.3 Å². The molecule has 0 radical (unpaired) electrons. The maximum absolute atomic E-state index is 11.1. The summed E-state index contributed by atoms with van der Waals surface area (Å²) in [5, 5.41) is 9.13. The Balaban J connectivity index is 1.80. The number of rotatable bonds is 10. The largest absolute Gasteiger partial charge is 0.493 e. The molecule has 1 atom stereocenters. The molecular formula is C21H26O4. The predicted octanol–water partition coefficient (Wildman–Crippen LogP) is 4.11. The molecule has 0 fully saturated rings. The molecule has 0 spiro atoms. The second-order valence-corrected chi connectivity index (χ2v) is 6.14. The molecular weight excluding hydrogens is 316 g/mol. The summed E-state index contributed by atoms with van der Waals surface area (Å²) in [4.78, 5) is 11.1. The monoisotopic (exact) mass is 342 g/mol. The number of ether oxygens (including phenoxy) is 2. The lowest BCUT2D eigenvalue weighted by molar-refractivity contribution is -0.141. The summed E-state index contributed by atoms with van der Waals surface area (Å²) in [6, 6.07) is 16.0. The minimum Gasteiger partial charge on any atom is -0.493 e. The van der Waals surface area contributed by atoms with Gasteiger partial charge in [0.1, 0.15) is 5.75 Å². The summed E-state index contributed by atoms with van der Waals surface area (Å²) in [7, 11) is 1.69. The van der Waals surface area contributed by atoms with Gasteiger partial charge in [-0.2, -0.15) is 0 Å². The molecule has 1 unspecified atom stereocenters. The first kappa shape index (κ1) is 19.0. The van der Waals surface area contributed by atoms with Crippen molar-refractivity contribution in [3.63, 3.8) is 0 Å². The second-order valence-electron chi connectivity index (χ2n) is 6.14. The third-order valence-electron chi connectivity index (χ3n) is 4.24. The standard InChI is InChI=1S/C21H26O4/c1-3-19(21(22)23)14-17-8-10-20(11-9-17)25-13-12-16-4-6-18(7-5-16)15-24-2/h4-11,19H,3,12-15H2,1-2H3,(H,22,23). The van der Waals surface area contributed by atoms with Crippen molar-refractivity contribution < 1.29 is 19.4 Å². The van der Waals surface area contributed by atoms with E-state index in [4.69, 9.17) is 14.6 Å². The Bertz CT molecular complexity index is 647. The fourth-order valence-corrected chi connectivity index (χ4v) is 2.67. The predicted molar refractivity (Wildman–Crippen MR) is 97.9 cm³/mol. The Morgan fingerprint density at radius 3 is 2.16 bits per heavy atom. The van der Waals surface area contributed by atoms with Crippen molar-refractivity contribution in [1.29, 1.82) is 0 Å². The maximum Gasteiger partial charge on any atom is 0.306 e. The highest BCUT2D eigenvalue weighted by Crippen LogP contribution is 2.17. The molecule has 0 saturated heterocycles. The number of hydrogen-bond donors (Lipinski definition) is 1. The van der Waals surface area contributed by atoms with Crippen LogP contribution in [0.3, 0.4) is 0 Å². The van der Waals surface area contributed by atoms with E-state index >= 15 is 0 Å². The molecule has 2 aromatic rings. The molecule has 4 heteroatoms. The van der Waals surface area contributed by atoms with Crippen LogP contribution in [0, 0.1) is 5.92 Å². The summed E-state index contributed by atoms with van der Waals surface area (Å²) in [6.07, 6.45) is 2.03. The van der Waals surface area contributed by atoms with Gasteiger partial charge >= 0.3 is 5.97 Å². The molecule has 0 bridgehead atoms. The molecule has 0 aliphatic rings. The number of benzene rings is 2. The van der Waals surface area contributed by atoms with Crippen LogP contribution < -0.4 is 4.74 Å². The maximum atomic E-state index is 11.1. The van der Waals surface area contributed by atoms with Crippen LogP contribution in [0.15, 0.2) is 48.5 Å². The van der Waals surface area contributed by atoms with Crippen LogP contribution in [0.4, 0.5) is 0 Å². The van der Waals surface area contributed by atoms with Crippen LogP contribution in [0.1, 0.15) is 30.0 Å². The van der Waals surface area contributed by atoms with E-state index in [-0.39, 0.29) is 5.92 Å². The normalized spacial score (nSPS) is 11.9. The summed E-state index contributed by atoms with van der Waals surface area (Å²) in [6.45, 7) is 3.14. The van der Waals surface area contributed by atoms with E-state index in [2.05, 4.69) is 24.3 Å². The van der Waals surface area contributed by atoms with Gasteiger partial charge in [-0.15, -0.1) is 0 Å². The van der Waals surface area contributed by atoms with Gasteiger partial charge in [0.15, 0.2) is 0 Å². The third-order valence-corrected chi connectivity index (χ3v) is 4.24. The van der Waals surface area contributed by atoms with E-state index < -0.39 is 5.97 Å². The number of carbonyl (C=O) groups is 1. The first-order chi connectivity index (χ1) is 12.1. The van der Waals surface area contributed by atoms with Crippen LogP contribution in [0.5, 0.6) is 5.75 Å². The average Bonchev–Trinajstić information content (AvgIpc) is 2.62. The minimum absolute atomic E-state index is 0.326. The lowest BCUT2D eigenvalue weighted by Gasteiger charge is -2.11. The van der Waals surface area contributed by atoms with Crippen molar-refractivity contribution in [2.45, 2.75) is 32.8 Å². The van der Waals surface area contributed by atoms with E-state index in [1.165, 1.54) is 5.56 Å². The van der Waals surface area contributed by atoms with Gasteiger partial charge in [0.25, 0.3) is 0 Å². The quantitative estimate of drug-likeness (QED) is 0.706. The summed E-state index contributed by atoms with van der Waals surface area (Å²) in [5.74, 6) is -0.254. The fraction of sp³-hybridized carbons (Fsp3) is 0.381. The van der Waals surface area contributed by atoms with Crippen LogP contribution in [-0.4, -0.2) is 24.8 Å². The second kappa shape index (κ2) is 9.84. The molecule has 0 saturated carbocycles. The Kier molecular flexibility index (Phi) is 7.48. The molecule has 0 heterocycles. The zero-order valence-electron chi connectivity index (χ0n) is 14.9. The molecule has 2 aromatic carbocycles. The van der Waals surface area contributed by atoms with Gasteiger partial charge in [-0.05, 0) is 41.7 Å². The zero-order valence-corrected chi connectivity index (χ0v) is 14.9. The van der Waals surface area contributed by atoms with Crippen molar-refractivity contribution in [1.82, 2.24) is 0 Å². The lowest BCUT2D eigenvalue weighted by Crippen LogP contribution is -2.15. The Labute approximate surface area is 149 Å². The minimum atomic E-state index is -0.737. The van der Waals surface area contributed by atoms with Crippen molar-refractivity contribution in [2.75, 3.05) is 13.7 Å². The van der Waals surface area contributed by atoms with Crippen molar-refractivity contribution >= 4 is 5.97 Å². The Morgan fingerprint density at radius 1 is 1.00 bits per heavy atom. The number of carboxylic acid groups (broad SMARTS) is 1. The first-order valence-electron chi connectivity index (χ1n) is 8.63. The number of aliphatic carboxylic acids is 1.